The molecule has 6 nitrogen and oxygen atoms in total. The molecule has 1 amide bonds. The minimum Gasteiger partial charge on any atom is -0.469 e. The van der Waals surface area contributed by atoms with E-state index in [0.717, 1.165) is 38.9 Å². The average Bonchev–Trinajstić information content (AvgIpc) is 2.45. The standard InChI is InChI=1S/C15H28N2O4/c1-4-6-7-17-10-12(9-14(18)20-3)8-13(11-17)16-15(19)21-5-2/h12-13H,4-11H2,1-3H3,(H,16,19). The number of carbonyl (C=O) groups excluding carboxylic acids is 2. The van der Waals surface area contributed by atoms with Crippen molar-refractivity contribution in [2.75, 3.05) is 33.4 Å². The SMILES string of the molecule is CCCCN1CC(CC(=O)OC)CC(NC(=O)OCC)C1. The van der Waals surface area contributed by atoms with E-state index in [4.69, 9.17) is 9.47 Å². The predicted molar refractivity (Wildman–Crippen MR) is 80.0 cm³/mol. The summed E-state index contributed by atoms with van der Waals surface area (Å²) in [5, 5.41) is 2.89. The quantitative estimate of drug-likeness (QED) is 0.726. The lowest BCUT2D eigenvalue weighted by atomic mass is 9.91. The molecule has 0 aliphatic carbocycles. The number of alkyl carbamates (subject to hydrolysis) is 1. The van der Waals surface area contributed by atoms with Crippen LogP contribution in [0.15, 0.2) is 0 Å². The van der Waals surface area contributed by atoms with Crippen molar-refractivity contribution < 1.29 is 19.1 Å². The third kappa shape index (κ3) is 6.80. The van der Waals surface area contributed by atoms with Gasteiger partial charge in [-0.15, -0.1) is 0 Å². The van der Waals surface area contributed by atoms with Crippen LogP contribution in [0.3, 0.4) is 0 Å². The van der Waals surface area contributed by atoms with Crippen LogP contribution in [0, 0.1) is 5.92 Å². The molecule has 1 fully saturated rings. The first-order valence-electron chi connectivity index (χ1n) is 7.81. The van der Waals surface area contributed by atoms with Gasteiger partial charge >= 0.3 is 12.1 Å². The summed E-state index contributed by atoms with van der Waals surface area (Å²) in [6, 6.07) is 0.0318. The zero-order chi connectivity index (χ0) is 15.7. The van der Waals surface area contributed by atoms with Crippen LogP contribution in [-0.4, -0.2) is 56.4 Å². The van der Waals surface area contributed by atoms with Gasteiger partial charge in [-0.1, -0.05) is 13.3 Å². The lowest BCUT2D eigenvalue weighted by molar-refractivity contribution is -0.142. The summed E-state index contributed by atoms with van der Waals surface area (Å²) in [6.07, 6.45) is 3.07. The molecule has 1 N–H and O–H groups in total. The normalized spacial score (nSPS) is 22.6. The summed E-state index contributed by atoms with van der Waals surface area (Å²) in [5.74, 6) is 0.0298. The molecule has 6 heteroatoms. The monoisotopic (exact) mass is 300 g/mol. The summed E-state index contributed by atoms with van der Waals surface area (Å²) in [6.45, 7) is 7.00. The van der Waals surface area contributed by atoms with Gasteiger partial charge in [0.15, 0.2) is 0 Å². The first-order chi connectivity index (χ1) is 10.1. The number of likely N-dealkylation sites (tertiary alicyclic amines) is 1. The van der Waals surface area contributed by atoms with Gasteiger partial charge in [-0.25, -0.2) is 4.79 Å². The van der Waals surface area contributed by atoms with Crippen LogP contribution in [-0.2, 0) is 14.3 Å². The van der Waals surface area contributed by atoms with Gasteiger partial charge in [0.1, 0.15) is 0 Å². The minimum absolute atomic E-state index is 0.0318. The maximum absolute atomic E-state index is 11.6. The van der Waals surface area contributed by atoms with Crippen LogP contribution in [0.5, 0.6) is 0 Å². The summed E-state index contributed by atoms with van der Waals surface area (Å²) in [4.78, 5) is 25.4. The molecule has 122 valence electrons. The number of hydrogen-bond acceptors (Lipinski definition) is 5. The Hall–Kier alpha value is -1.30. The van der Waals surface area contributed by atoms with Crippen LogP contribution in [0.25, 0.3) is 0 Å². The van der Waals surface area contributed by atoms with E-state index in [2.05, 4.69) is 17.1 Å². The lowest BCUT2D eigenvalue weighted by Crippen LogP contribution is -2.51. The highest BCUT2D eigenvalue weighted by Crippen LogP contribution is 2.21. The van der Waals surface area contributed by atoms with Gasteiger partial charge in [0, 0.05) is 25.6 Å². The van der Waals surface area contributed by atoms with Crippen molar-refractivity contribution in [3.05, 3.63) is 0 Å². The highest BCUT2D eigenvalue weighted by molar-refractivity contribution is 5.69. The van der Waals surface area contributed by atoms with E-state index in [0.29, 0.717) is 13.0 Å². The molecule has 2 unspecified atom stereocenters. The van der Waals surface area contributed by atoms with E-state index in [-0.39, 0.29) is 24.0 Å². The number of esters is 1. The number of nitrogens with zero attached hydrogens (tertiary/aromatic N) is 1. The fraction of sp³-hybridized carbons (Fsp3) is 0.867. The van der Waals surface area contributed by atoms with Gasteiger partial charge in [0.25, 0.3) is 0 Å². The predicted octanol–water partition coefficient (Wildman–Crippen LogP) is 1.79. The molecule has 0 aromatic carbocycles. The second-order valence-corrected chi connectivity index (χ2v) is 5.56. The second-order valence-electron chi connectivity index (χ2n) is 5.56. The minimum atomic E-state index is -0.378. The molecule has 0 aromatic heterocycles. The third-order valence-electron chi connectivity index (χ3n) is 3.72. The molecule has 0 spiro atoms. The zero-order valence-electron chi connectivity index (χ0n) is 13.4. The molecule has 0 aromatic rings. The Bertz CT molecular complexity index is 336. The van der Waals surface area contributed by atoms with E-state index in [1.807, 2.05) is 0 Å². The number of ether oxygens (including phenoxy) is 2. The van der Waals surface area contributed by atoms with Gasteiger partial charge in [0.2, 0.25) is 0 Å². The van der Waals surface area contributed by atoms with Gasteiger partial charge in [-0.3, -0.25) is 4.79 Å². The first kappa shape index (κ1) is 17.8. The number of amides is 1. The van der Waals surface area contributed by atoms with E-state index >= 15 is 0 Å². The van der Waals surface area contributed by atoms with Crippen LogP contribution in [0.4, 0.5) is 4.79 Å². The molecule has 2 atom stereocenters. The van der Waals surface area contributed by atoms with Crippen molar-refractivity contribution in [2.45, 2.75) is 45.6 Å². The Kier molecular flexibility index (Phi) is 8.12. The van der Waals surface area contributed by atoms with Crippen molar-refractivity contribution in [1.82, 2.24) is 10.2 Å². The fourth-order valence-electron chi connectivity index (χ4n) is 2.78. The Morgan fingerprint density at radius 2 is 2.05 bits per heavy atom. The number of rotatable bonds is 7. The number of piperidine rings is 1. The Labute approximate surface area is 127 Å². The summed E-state index contributed by atoms with van der Waals surface area (Å²) >= 11 is 0. The first-order valence-corrected chi connectivity index (χ1v) is 7.81. The smallest absolute Gasteiger partial charge is 0.407 e. The number of unbranched alkanes of at least 4 members (excludes halogenated alkanes) is 1. The summed E-state index contributed by atoms with van der Waals surface area (Å²) in [7, 11) is 1.41. The van der Waals surface area contributed by atoms with Gasteiger partial charge in [0.05, 0.1) is 13.7 Å². The lowest BCUT2D eigenvalue weighted by Gasteiger charge is -2.37. The highest BCUT2D eigenvalue weighted by atomic mass is 16.5. The van der Waals surface area contributed by atoms with E-state index < -0.39 is 0 Å². The summed E-state index contributed by atoms with van der Waals surface area (Å²) < 4.78 is 9.69. The molecule has 1 rings (SSSR count). The Morgan fingerprint density at radius 1 is 1.29 bits per heavy atom. The average molecular weight is 300 g/mol. The molecule has 1 heterocycles. The number of nitrogens with one attached hydrogen (secondary N) is 1. The Balaban J connectivity index is 2.56. The number of hydrogen-bond donors (Lipinski definition) is 1. The maximum Gasteiger partial charge on any atom is 0.407 e. The van der Waals surface area contributed by atoms with Crippen molar-refractivity contribution in [2.24, 2.45) is 5.92 Å². The molecule has 0 bridgehead atoms. The van der Waals surface area contributed by atoms with Gasteiger partial charge in [-0.2, -0.15) is 0 Å². The number of carbonyl (C=O) groups is 2. The second kappa shape index (κ2) is 9.60. The molecule has 0 saturated carbocycles. The molecule has 1 saturated heterocycles. The maximum atomic E-state index is 11.6. The zero-order valence-corrected chi connectivity index (χ0v) is 13.4. The van der Waals surface area contributed by atoms with Crippen LogP contribution >= 0.6 is 0 Å². The van der Waals surface area contributed by atoms with Gasteiger partial charge in [-0.05, 0) is 32.2 Å². The van der Waals surface area contributed by atoms with E-state index in [9.17, 15) is 9.59 Å². The van der Waals surface area contributed by atoms with Crippen molar-refractivity contribution in [1.29, 1.82) is 0 Å². The van der Waals surface area contributed by atoms with Crippen molar-refractivity contribution in [3.63, 3.8) is 0 Å². The molecule has 1 aliphatic heterocycles. The highest BCUT2D eigenvalue weighted by Gasteiger charge is 2.29. The summed E-state index contributed by atoms with van der Waals surface area (Å²) in [5.41, 5.74) is 0. The van der Waals surface area contributed by atoms with Crippen LogP contribution in [0.2, 0.25) is 0 Å². The van der Waals surface area contributed by atoms with Gasteiger partial charge < -0.3 is 19.7 Å². The third-order valence-corrected chi connectivity index (χ3v) is 3.72. The molecule has 0 radical (unpaired) electrons. The molecular formula is C15H28N2O4. The van der Waals surface area contributed by atoms with E-state index in [1.54, 1.807) is 6.92 Å². The molecule has 1 aliphatic rings. The van der Waals surface area contributed by atoms with Crippen LogP contribution < -0.4 is 5.32 Å². The molecule has 21 heavy (non-hydrogen) atoms. The topological polar surface area (TPSA) is 67.9 Å². The van der Waals surface area contributed by atoms with Crippen molar-refractivity contribution >= 4 is 12.1 Å². The van der Waals surface area contributed by atoms with Crippen LogP contribution in [0.1, 0.15) is 39.5 Å². The largest absolute Gasteiger partial charge is 0.469 e. The number of methoxy groups -OCH3 is 1. The van der Waals surface area contributed by atoms with E-state index in [1.165, 1.54) is 7.11 Å². The Morgan fingerprint density at radius 3 is 2.67 bits per heavy atom. The molecular weight excluding hydrogens is 272 g/mol. The fourth-order valence-corrected chi connectivity index (χ4v) is 2.78. The van der Waals surface area contributed by atoms with Crippen molar-refractivity contribution in [3.8, 4) is 0 Å².